The minimum absolute atomic E-state index is 0.140. The molecule has 0 rings (SSSR count). The van der Waals surface area contributed by atoms with E-state index in [1.165, 1.54) is 0 Å². The van der Waals surface area contributed by atoms with E-state index in [-0.39, 0.29) is 5.92 Å². The lowest BCUT2D eigenvalue weighted by atomic mass is 9.95. The van der Waals surface area contributed by atoms with Gasteiger partial charge >= 0.3 is 0 Å². The fourth-order valence-corrected chi connectivity index (χ4v) is 0.583. The van der Waals surface area contributed by atoms with E-state index in [4.69, 9.17) is 0 Å². The first-order valence-corrected chi connectivity index (χ1v) is 3.57. The average Bonchev–Trinajstić information content (AvgIpc) is 1.98. The normalized spacial score (nSPS) is 14.7. The summed E-state index contributed by atoms with van der Waals surface area (Å²) in [6.45, 7) is 5.79. The number of aldehydes is 1. The Morgan fingerprint density at radius 1 is 1.50 bits per heavy atom. The molecule has 0 aromatic rings. The van der Waals surface area contributed by atoms with Crippen molar-refractivity contribution >= 4 is 6.29 Å². The zero-order chi connectivity index (χ0) is 7.98. The standard InChI is InChI=1S/C9H14O/c1-4-5-6-8(2)9(3)7-10/h7-9H,6H2,1-3H3. The predicted octanol–water partition coefficient (Wildman–Crippen LogP) is 1.87. The second-order valence-corrected chi connectivity index (χ2v) is 2.60. The van der Waals surface area contributed by atoms with Crippen LogP contribution in [0.25, 0.3) is 0 Å². The van der Waals surface area contributed by atoms with Crippen LogP contribution in [0.4, 0.5) is 0 Å². The van der Waals surface area contributed by atoms with Crippen LogP contribution in [0.2, 0.25) is 0 Å². The largest absolute Gasteiger partial charge is 0.303 e. The number of hydrogen-bond acceptors (Lipinski definition) is 1. The summed E-state index contributed by atoms with van der Waals surface area (Å²) in [5.74, 6) is 6.30. The first-order chi connectivity index (χ1) is 4.72. The van der Waals surface area contributed by atoms with Crippen LogP contribution in [0, 0.1) is 23.7 Å². The molecule has 2 unspecified atom stereocenters. The molecule has 0 N–H and O–H groups in total. The highest BCUT2D eigenvalue weighted by atomic mass is 16.1. The maximum Gasteiger partial charge on any atom is 0.123 e. The first kappa shape index (κ1) is 9.23. The Bertz CT molecular complexity index is 150. The van der Waals surface area contributed by atoms with Crippen LogP contribution in [-0.4, -0.2) is 6.29 Å². The maximum atomic E-state index is 10.3. The van der Waals surface area contributed by atoms with Crippen LogP contribution < -0.4 is 0 Å². The van der Waals surface area contributed by atoms with E-state index in [1.807, 2.05) is 20.8 Å². The van der Waals surface area contributed by atoms with E-state index in [0.717, 1.165) is 12.7 Å². The molecule has 0 aromatic carbocycles. The first-order valence-electron chi connectivity index (χ1n) is 3.57. The summed E-state index contributed by atoms with van der Waals surface area (Å²) in [6, 6.07) is 0. The van der Waals surface area contributed by atoms with Gasteiger partial charge in [0.1, 0.15) is 6.29 Å². The Hall–Kier alpha value is -0.770. The third kappa shape index (κ3) is 3.29. The van der Waals surface area contributed by atoms with Gasteiger partial charge in [0.25, 0.3) is 0 Å². The number of hydrogen-bond donors (Lipinski definition) is 0. The molecule has 10 heavy (non-hydrogen) atoms. The highest BCUT2D eigenvalue weighted by Gasteiger charge is 2.08. The van der Waals surface area contributed by atoms with Gasteiger partial charge in [-0.15, -0.1) is 11.8 Å². The molecule has 0 amide bonds. The fourth-order valence-electron chi connectivity index (χ4n) is 0.583. The topological polar surface area (TPSA) is 17.1 Å². The van der Waals surface area contributed by atoms with Crippen LogP contribution in [-0.2, 0) is 4.79 Å². The predicted molar refractivity (Wildman–Crippen MR) is 42.5 cm³/mol. The molecule has 0 heterocycles. The van der Waals surface area contributed by atoms with Crippen molar-refractivity contribution in [3.63, 3.8) is 0 Å². The summed E-state index contributed by atoms with van der Waals surface area (Å²) in [4.78, 5) is 10.3. The van der Waals surface area contributed by atoms with Gasteiger partial charge in [0.05, 0.1) is 0 Å². The smallest absolute Gasteiger partial charge is 0.123 e. The Labute approximate surface area is 62.8 Å². The quantitative estimate of drug-likeness (QED) is 0.430. The summed E-state index contributed by atoms with van der Waals surface area (Å²) in [5.41, 5.74) is 0. The van der Waals surface area contributed by atoms with E-state index in [2.05, 4.69) is 11.8 Å². The highest BCUT2D eigenvalue weighted by molar-refractivity contribution is 5.53. The molecule has 56 valence electrons. The van der Waals surface area contributed by atoms with Gasteiger partial charge in [0, 0.05) is 12.3 Å². The highest BCUT2D eigenvalue weighted by Crippen LogP contribution is 2.10. The molecule has 0 spiro atoms. The number of rotatable bonds is 3. The zero-order valence-corrected chi connectivity index (χ0v) is 6.85. The SMILES string of the molecule is CC#CCC(C)C(C)C=O. The van der Waals surface area contributed by atoms with Crippen LogP contribution in [0.15, 0.2) is 0 Å². The summed E-state index contributed by atoms with van der Waals surface area (Å²) >= 11 is 0. The van der Waals surface area contributed by atoms with Crippen molar-refractivity contribution in [3.8, 4) is 11.8 Å². The van der Waals surface area contributed by atoms with E-state index in [0.29, 0.717) is 5.92 Å². The third-order valence-corrected chi connectivity index (χ3v) is 1.71. The Morgan fingerprint density at radius 2 is 2.10 bits per heavy atom. The molecule has 1 nitrogen and oxygen atoms in total. The molecule has 0 aliphatic carbocycles. The van der Waals surface area contributed by atoms with Crippen molar-refractivity contribution in [1.29, 1.82) is 0 Å². The van der Waals surface area contributed by atoms with Crippen molar-refractivity contribution in [2.75, 3.05) is 0 Å². The summed E-state index contributed by atoms with van der Waals surface area (Å²) in [7, 11) is 0. The van der Waals surface area contributed by atoms with E-state index in [1.54, 1.807) is 0 Å². The average molecular weight is 138 g/mol. The molecule has 2 atom stereocenters. The number of carbonyl (C=O) groups excluding carboxylic acids is 1. The van der Waals surface area contributed by atoms with Crippen LogP contribution in [0.5, 0.6) is 0 Å². The van der Waals surface area contributed by atoms with Gasteiger partial charge in [-0.3, -0.25) is 0 Å². The second kappa shape index (κ2) is 5.05. The maximum absolute atomic E-state index is 10.3. The van der Waals surface area contributed by atoms with Crippen LogP contribution in [0.1, 0.15) is 27.2 Å². The van der Waals surface area contributed by atoms with Crippen molar-refractivity contribution in [2.24, 2.45) is 11.8 Å². The van der Waals surface area contributed by atoms with Crippen molar-refractivity contribution < 1.29 is 4.79 Å². The van der Waals surface area contributed by atoms with Crippen LogP contribution in [0.3, 0.4) is 0 Å². The Balaban J connectivity index is 3.67. The third-order valence-electron chi connectivity index (χ3n) is 1.71. The molecule has 0 bridgehead atoms. The summed E-state index contributed by atoms with van der Waals surface area (Å²) in [5, 5.41) is 0. The van der Waals surface area contributed by atoms with Gasteiger partial charge in [-0.1, -0.05) is 13.8 Å². The van der Waals surface area contributed by atoms with Crippen LogP contribution >= 0.6 is 0 Å². The molecule has 0 aliphatic heterocycles. The molecule has 0 saturated heterocycles. The van der Waals surface area contributed by atoms with Gasteiger partial charge in [-0.05, 0) is 12.8 Å². The van der Waals surface area contributed by atoms with Gasteiger partial charge in [-0.25, -0.2) is 0 Å². The number of carbonyl (C=O) groups is 1. The van der Waals surface area contributed by atoms with Crippen molar-refractivity contribution in [2.45, 2.75) is 27.2 Å². The molecular formula is C9H14O. The zero-order valence-electron chi connectivity index (χ0n) is 6.85. The second-order valence-electron chi connectivity index (χ2n) is 2.60. The van der Waals surface area contributed by atoms with Gasteiger partial charge in [0.2, 0.25) is 0 Å². The van der Waals surface area contributed by atoms with Crippen molar-refractivity contribution in [3.05, 3.63) is 0 Å². The molecule has 0 aliphatic rings. The molecule has 0 fully saturated rings. The fraction of sp³-hybridized carbons (Fsp3) is 0.667. The minimum atomic E-state index is 0.140. The molecule has 0 aromatic heterocycles. The Kier molecular flexibility index (Phi) is 4.66. The van der Waals surface area contributed by atoms with Gasteiger partial charge < -0.3 is 4.79 Å². The summed E-state index contributed by atoms with van der Waals surface area (Å²) in [6.07, 6.45) is 1.82. The van der Waals surface area contributed by atoms with Gasteiger partial charge in [-0.2, -0.15) is 0 Å². The lowest BCUT2D eigenvalue weighted by Gasteiger charge is -2.09. The molecule has 0 saturated carbocycles. The van der Waals surface area contributed by atoms with Gasteiger partial charge in [0.15, 0.2) is 0 Å². The van der Waals surface area contributed by atoms with E-state index >= 15 is 0 Å². The monoisotopic (exact) mass is 138 g/mol. The molecular weight excluding hydrogens is 124 g/mol. The van der Waals surface area contributed by atoms with Crippen molar-refractivity contribution in [1.82, 2.24) is 0 Å². The molecule has 0 radical (unpaired) electrons. The summed E-state index contributed by atoms with van der Waals surface area (Å²) < 4.78 is 0. The Morgan fingerprint density at radius 3 is 2.50 bits per heavy atom. The van der Waals surface area contributed by atoms with E-state index < -0.39 is 0 Å². The van der Waals surface area contributed by atoms with E-state index in [9.17, 15) is 4.79 Å². The minimum Gasteiger partial charge on any atom is -0.303 e. The molecule has 1 heteroatoms. The lowest BCUT2D eigenvalue weighted by Crippen LogP contribution is -2.07. The lowest BCUT2D eigenvalue weighted by molar-refractivity contribution is -0.111.